The standard InChI is InChI=1S/C17H14N4O5/c1-25-15-8-12(5-6-14(15)16-9-18-10-26-16)20-17(22)19-11-3-2-4-13(7-11)21(23)24/h2-10H,1H3,(H2,19,20,22). The average molecular weight is 354 g/mol. The number of ether oxygens (including phenoxy) is 1. The molecule has 2 aromatic carbocycles. The molecule has 132 valence electrons. The van der Waals surface area contributed by atoms with Crippen LogP contribution in [-0.2, 0) is 0 Å². The van der Waals surface area contributed by atoms with E-state index >= 15 is 0 Å². The second-order valence-corrected chi connectivity index (χ2v) is 5.17. The molecule has 0 radical (unpaired) electrons. The number of carbonyl (C=O) groups is 1. The molecule has 3 aromatic rings. The number of benzene rings is 2. The Morgan fingerprint density at radius 3 is 2.62 bits per heavy atom. The number of rotatable bonds is 5. The summed E-state index contributed by atoms with van der Waals surface area (Å²) in [7, 11) is 1.50. The minimum absolute atomic E-state index is 0.110. The van der Waals surface area contributed by atoms with E-state index in [1.54, 1.807) is 30.5 Å². The maximum Gasteiger partial charge on any atom is 0.323 e. The molecule has 1 heterocycles. The van der Waals surface area contributed by atoms with Gasteiger partial charge in [-0.25, -0.2) is 9.78 Å². The topological polar surface area (TPSA) is 120 Å². The van der Waals surface area contributed by atoms with Crippen molar-refractivity contribution in [3.8, 4) is 17.1 Å². The van der Waals surface area contributed by atoms with E-state index in [4.69, 9.17) is 9.15 Å². The maximum absolute atomic E-state index is 12.1. The van der Waals surface area contributed by atoms with Gasteiger partial charge < -0.3 is 19.8 Å². The first-order valence-corrected chi connectivity index (χ1v) is 7.46. The van der Waals surface area contributed by atoms with Gasteiger partial charge in [0.15, 0.2) is 12.2 Å². The monoisotopic (exact) mass is 354 g/mol. The second-order valence-electron chi connectivity index (χ2n) is 5.17. The molecule has 0 atom stereocenters. The van der Waals surface area contributed by atoms with Crippen LogP contribution in [0.25, 0.3) is 11.3 Å². The number of non-ortho nitro benzene ring substituents is 1. The van der Waals surface area contributed by atoms with Crippen LogP contribution in [-0.4, -0.2) is 23.0 Å². The number of hydrogen-bond acceptors (Lipinski definition) is 6. The van der Waals surface area contributed by atoms with Gasteiger partial charge >= 0.3 is 6.03 Å². The summed E-state index contributed by atoms with van der Waals surface area (Å²) in [6, 6.07) is 10.1. The average Bonchev–Trinajstić information content (AvgIpc) is 3.16. The molecule has 2 amide bonds. The number of oxazole rings is 1. The van der Waals surface area contributed by atoms with Crippen LogP contribution in [0, 0.1) is 10.1 Å². The van der Waals surface area contributed by atoms with Gasteiger partial charge in [0.25, 0.3) is 5.69 Å². The quantitative estimate of drug-likeness (QED) is 0.529. The molecule has 0 aliphatic carbocycles. The first-order chi connectivity index (χ1) is 12.6. The molecule has 26 heavy (non-hydrogen) atoms. The van der Waals surface area contributed by atoms with Gasteiger partial charge in [0, 0.05) is 29.6 Å². The SMILES string of the molecule is COc1cc(NC(=O)Nc2cccc([N+](=O)[O-])c2)ccc1-c1cnco1. The molecule has 0 bridgehead atoms. The van der Waals surface area contributed by atoms with Crippen LogP contribution < -0.4 is 15.4 Å². The molecule has 0 aliphatic heterocycles. The number of anilines is 2. The third kappa shape index (κ3) is 3.78. The van der Waals surface area contributed by atoms with E-state index in [9.17, 15) is 14.9 Å². The van der Waals surface area contributed by atoms with E-state index in [0.29, 0.717) is 28.4 Å². The predicted molar refractivity (Wildman–Crippen MR) is 94.2 cm³/mol. The number of nitrogens with zero attached hydrogens (tertiary/aromatic N) is 2. The number of nitrogens with one attached hydrogen (secondary N) is 2. The van der Waals surface area contributed by atoms with Gasteiger partial charge in [-0.1, -0.05) is 6.07 Å². The zero-order valence-corrected chi connectivity index (χ0v) is 13.6. The third-order valence-electron chi connectivity index (χ3n) is 3.47. The molecule has 9 heteroatoms. The lowest BCUT2D eigenvalue weighted by Gasteiger charge is -2.11. The number of hydrogen-bond donors (Lipinski definition) is 2. The highest BCUT2D eigenvalue weighted by Crippen LogP contribution is 2.32. The Labute approximate surface area is 147 Å². The van der Waals surface area contributed by atoms with Gasteiger partial charge in [0.2, 0.25) is 0 Å². The zero-order chi connectivity index (χ0) is 18.5. The fourth-order valence-electron chi connectivity index (χ4n) is 2.31. The van der Waals surface area contributed by atoms with Crippen molar-refractivity contribution >= 4 is 23.1 Å². The lowest BCUT2D eigenvalue weighted by atomic mass is 10.1. The number of urea groups is 1. The molecule has 3 rings (SSSR count). The lowest BCUT2D eigenvalue weighted by molar-refractivity contribution is -0.384. The van der Waals surface area contributed by atoms with E-state index < -0.39 is 11.0 Å². The molecule has 0 saturated heterocycles. The molecule has 1 aromatic heterocycles. The van der Waals surface area contributed by atoms with Crippen LogP contribution >= 0.6 is 0 Å². The van der Waals surface area contributed by atoms with Crippen molar-refractivity contribution in [1.29, 1.82) is 0 Å². The third-order valence-corrected chi connectivity index (χ3v) is 3.47. The molecule has 0 saturated carbocycles. The fraction of sp³-hybridized carbons (Fsp3) is 0.0588. The minimum Gasteiger partial charge on any atom is -0.496 e. The number of nitro groups is 1. The van der Waals surface area contributed by atoms with Gasteiger partial charge in [-0.15, -0.1) is 0 Å². The highest BCUT2D eigenvalue weighted by molar-refractivity contribution is 6.00. The predicted octanol–water partition coefficient (Wildman–Crippen LogP) is 3.90. The van der Waals surface area contributed by atoms with Gasteiger partial charge in [0.1, 0.15) is 5.75 Å². The molecule has 0 fully saturated rings. The van der Waals surface area contributed by atoms with E-state index in [-0.39, 0.29) is 5.69 Å². The van der Waals surface area contributed by atoms with Crippen molar-refractivity contribution in [2.45, 2.75) is 0 Å². The highest BCUT2D eigenvalue weighted by atomic mass is 16.6. The second kappa shape index (κ2) is 7.34. The van der Waals surface area contributed by atoms with Crippen molar-refractivity contribution < 1.29 is 18.9 Å². The van der Waals surface area contributed by atoms with Crippen LogP contribution in [0.15, 0.2) is 59.5 Å². The van der Waals surface area contributed by atoms with Gasteiger partial charge in [-0.2, -0.15) is 0 Å². The maximum atomic E-state index is 12.1. The van der Waals surface area contributed by atoms with E-state index in [1.165, 1.54) is 31.7 Å². The molecular weight excluding hydrogens is 340 g/mol. The van der Waals surface area contributed by atoms with Crippen molar-refractivity contribution in [1.82, 2.24) is 4.98 Å². The Morgan fingerprint density at radius 2 is 1.96 bits per heavy atom. The highest BCUT2D eigenvalue weighted by Gasteiger charge is 2.12. The molecule has 0 spiro atoms. The molecule has 0 unspecified atom stereocenters. The van der Waals surface area contributed by atoms with E-state index in [1.807, 2.05) is 0 Å². The Balaban J connectivity index is 1.73. The van der Waals surface area contributed by atoms with Crippen LogP contribution in [0.5, 0.6) is 5.75 Å². The number of carbonyl (C=O) groups excluding carboxylic acids is 1. The number of nitro benzene ring substituents is 1. The Hall–Kier alpha value is -3.88. The van der Waals surface area contributed by atoms with Crippen LogP contribution in [0.1, 0.15) is 0 Å². The summed E-state index contributed by atoms with van der Waals surface area (Å²) in [4.78, 5) is 26.2. The van der Waals surface area contributed by atoms with E-state index in [2.05, 4.69) is 15.6 Å². The number of amides is 2. The normalized spacial score (nSPS) is 10.2. The number of methoxy groups -OCH3 is 1. The van der Waals surface area contributed by atoms with Gasteiger partial charge in [-0.3, -0.25) is 10.1 Å². The van der Waals surface area contributed by atoms with Crippen molar-refractivity contribution in [2.24, 2.45) is 0 Å². The summed E-state index contributed by atoms with van der Waals surface area (Å²) in [5.74, 6) is 1.03. The minimum atomic E-state index is -0.542. The lowest BCUT2D eigenvalue weighted by Crippen LogP contribution is -2.19. The van der Waals surface area contributed by atoms with Crippen LogP contribution in [0.2, 0.25) is 0 Å². The summed E-state index contributed by atoms with van der Waals surface area (Å²) in [5.41, 5.74) is 1.37. The molecular formula is C17H14N4O5. The van der Waals surface area contributed by atoms with Crippen molar-refractivity contribution in [3.63, 3.8) is 0 Å². The van der Waals surface area contributed by atoms with Gasteiger partial charge in [-0.05, 0) is 18.2 Å². The summed E-state index contributed by atoms with van der Waals surface area (Å²) in [6.07, 6.45) is 2.87. The molecule has 2 N–H and O–H groups in total. The first-order valence-electron chi connectivity index (χ1n) is 7.46. The Morgan fingerprint density at radius 1 is 1.19 bits per heavy atom. The Bertz CT molecular complexity index is 940. The fourth-order valence-corrected chi connectivity index (χ4v) is 2.31. The summed E-state index contributed by atoms with van der Waals surface area (Å²) >= 11 is 0. The van der Waals surface area contributed by atoms with Crippen LogP contribution in [0.3, 0.4) is 0 Å². The summed E-state index contributed by atoms with van der Waals surface area (Å²) in [6.45, 7) is 0. The van der Waals surface area contributed by atoms with E-state index in [0.717, 1.165) is 0 Å². The van der Waals surface area contributed by atoms with Crippen LogP contribution in [0.4, 0.5) is 21.9 Å². The first kappa shape index (κ1) is 17.0. The summed E-state index contributed by atoms with van der Waals surface area (Å²) < 4.78 is 10.6. The smallest absolute Gasteiger partial charge is 0.323 e. The zero-order valence-electron chi connectivity index (χ0n) is 13.6. The van der Waals surface area contributed by atoms with Crippen molar-refractivity contribution in [3.05, 3.63) is 65.2 Å². The number of aromatic nitrogens is 1. The largest absolute Gasteiger partial charge is 0.496 e. The summed E-state index contributed by atoms with van der Waals surface area (Å²) in [5, 5.41) is 16.0. The molecule has 0 aliphatic rings. The Kier molecular flexibility index (Phi) is 4.79. The van der Waals surface area contributed by atoms with Gasteiger partial charge in [0.05, 0.1) is 23.8 Å². The van der Waals surface area contributed by atoms with Crippen molar-refractivity contribution in [2.75, 3.05) is 17.7 Å². The molecule has 9 nitrogen and oxygen atoms in total.